The predicted molar refractivity (Wildman–Crippen MR) is 65.7 cm³/mol. The molecule has 0 aromatic carbocycles. The molecule has 1 saturated heterocycles. The highest BCUT2D eigenvalue weighted by Gasteiger charge is 2.22. The van der Waals surface area contributed by atoms with Crippen molar-refractivity contribution in [3.05, 3.63) is 23.2 Å². The van der Waals surface area contributed by atoms with E-state index < -0.39 is 0 Å². The molecule has 17 heavy (non-hydrogen) atoms. The lowest BCUT2D eigenvalue weighted by Gasteiger charge is -2.31. The summed E-state index contributed by atoms with van der Waals surface area (Å²) in [5.74, 6) is 0.599. The molecule has 0 unspecified atom stereocenters. The lowest BCUT2D eigenvalue weighted by molar-refractivity contribution is -0.130. The van der Waals surface area contributed by atoms with Crippen LogP contribution in [0.1, 0.15) is 25.5 Å². The fourth-order valence-corrected chi connectivity index (χ4v) is 2.46. The normalized spacial score (nSPS) is 20.4. The van der Waals surface area contributed by atoms with E-state index in [9.17, 15) is 4.79 Å². The highest BCUT2D eigenvalue weighted by Crippen LogP contribution is 2.22. The zero-order chi connectivity index (χ0) is 12.3. The Morgan fingerprint density at radius 1 is 1.53 bits per heavy atom. The highest BCUT2D eigenvalue weighted by atomic mass is 35.5. The van der Waals surface area contributed by atoms with Gasteiger partial charge in [0.05, 0.1) is 5.69 Å². The Balaban J connectivity index is 1.99. The molecule has 0 N–H and O–H groups in total. The second kappa shape index (κ2) is 5.45. The number of piperidine rings is 1. The van der Waals surface area contributed by atoms with Gasteiger partial charge in [-0.1, -0.05) is 11.6 Å². The van der Waals surface area contributed by atoms with Crippen molar-refractivity contribution < 1.29 is 4.79 Å². The van der Waals surface area contributed by atoms with Gasteiger partial charge in [0.1, 0.15) is 5.15 Å². The molecule has 2 rings (SSSR count). The van der Waals surface area contributed by atoms with Crippen molar-refractivity contribution in [3.8, 4) is 0 Å². The van der Waals surface area contributed by atoms with E-state index in [4.69, 9.17) is 11.6 Å². The van der Waals surface area contributed by atoms with Gasteiger partial charge < -0.3 is 4.90 Å². The summed E-state index contributed by atoms with van der Waals surface area (Å²) >= 11 is 5.99. The molecule has 0 spiro atoms. The van der Waals surface area contributed by atoms with Gasteiger partial charge in [-0.2, -0.15) is 0 Å². The molecule has 1 atom stereocenters. The van der Waals surface area contributed by atoms with Crippen molar-refractivity contribution in [2.75, 3.05) is 13.1 Å². The third-order valence-corrected chi connectivity index (χ3v) is 3.49. The van der Waals surface area contributed by atoms with Crippen LogP contribution in [0, 0.1) is 5.92 Å². The van der Waals surface area contributed by atoms with Gasteiger partial charge in [0.25, 0.3) is 0 Å². The summed E-state index contributed by atoms with van der Waals surface area (Å²) in [6, 6.07) is 0. The summed E-state index contributed by atoms with van der Waals surface area (Å²) in [6.45, 7) is 3.31. The maximum atomic E-state index is 11.3. The molecular formula is C12H16ClN3O. The molecule has 1 aliphatic rings. The number of carbonyl (C=O) groups excluding carboxylic acids is 1. The number of amides is 1. The average Bonchev–Trinajstić information content (AvgIpc) is 2.32. The van der Waals surface area contributed by atoms with Crippen molar-refractivity contribution >= 4 is 17.5 Å². The van der Waals surface area contributed by atoms with Crippen LogP contribution in [0.3, 0.4) is 0 Å². The highest BCUT2D eigenvalue weighted by molar-refractivity contribution is 6.29. The molecule has 5 heteroatoms. The van der Waals surface area contributed by atoms with Gasteiger partial charge in [-0.25, -0.2) is 4.98 Å². The first-order valence-electron chi connectivity index (χ1n) is 5.87. The van der Waals surface area contributed by atoms with Crippen molar-refractivity contribution in [1.82, 2.24) is 14.9 Å². The largest absolute Gasteiger partial charge is 0.343 e. The Labute approximate surface area is 106 Å². The van der Waals surface area contributed by atoms with Gasteiger partial charge in [0.2, 0.25) is 5.91 Å². The van der Waals surface area contributed by atoms with Gasteiger partial charge in [-0.15, -0.1) is 0 Å². The van der Waals surface area contributed by atoms with Gasteiger partial charge in [-0.05, 0) is 25.2 Å². The number of likely N-dealkylation sites (tertiary alicyclic amines) is 1. The second-order valence-corrected chi connectivity index (χ2v) is 4.83. The monoisotopic (exact) mass is 253 g/mol. The van der Waals surface area contributed by atoms with Gasteiger partial charge in [0.15, 0.2) is 0 Å². The minimum Gasteiger partial charge on any atom is -0.343 e. The summed E-state index contributed by atoms with van der Waals surface area (Å²) < 4.78 is 0. The molecular weight excluding hydrogens is 238 g/mol. The zero-order valence-electron chi connectivity index (χ0n) is 9.90. The molecule has 0 aliphatic carbocycles. The maximum Gasteiger partial charge on any atom is 0.219 e. The molecule has 0 bridgehead atoms. The molecule has 1 fully saturated rings. The first kappa shape index (κ1) is 12.3. The summed E-state index contributed by atoms with van der Waals surface area (Å²) in [5.41, 5.74) is 0.838. The molecule has 1 aromatic rings. The zero-order valence-corrected chi connectivity index (χ0v) is 10.7. The number of hydrogen-bond acceptors (Lipinski definition) is 3. The van der Waals surface area contributed by atoms with Crippen LogP contribution in [0.4, 0.5) is 0 Å². The quantitative estimate of drug-likeness (QED) is 0.809. The average molecular weight is 254 g/mol. The molecule has 4 nitrogen and oxygen atoms in total. The van der Waals surface area contributed by atoms with E-state index in [2.05, 4.69) is 9.97 Å². The van der Waals surface area contributed by atoms with Gasteiger partial charge in [0, 0.05) is 32.4 Å². The number of aromatic nitrogens is 2. The fraction of sp³-hybridized carbons (Fsp3) is 0.583. The third kappa shape index (κ3) is 3.16. The van der Waals surface area contributed by atoms with Crippen LogP contribution in [0.15, 0.2) is 12.4 Å². The van der Waals surface area contributed by atoms with Gasteiger partial charge in [-0.3, -0.25) is 9.78 Å². The minimum atomic E-state index is 0.153. The lowest BCUT2D eigenvalue weighted by atomic mass is 9.93. The summed E-state index contributed by atoms with van der Waals surface area (Å²) in [4.78, 5) is 21.5. The Kier molecular flexibility index (Phi) is 3.94. The Morgan fingerprint density at radius 3 is 3.00 bits per heavy atom. The Morgan fingerprint density at radius 2 is 2.29 bits per heavy atom. The van der Waals surface area contributed by atoms with Crippen molar-refractivity contribution in [3.63, 3.8) is 0 Å². The van der Waals surface area contributed by atoms with Crippen molar-refractivity contribution in [2.45, 2.75) is 26.2 Å². The lowest BCUT2D eigenvalue weighted by Crippen LogP contribution is -2.39. The Bertz CT molecular complexity index is 410. The number of halogens is 1. The van der Waals surface area contributed by atoms with E-state index in [-0.39, 0.29) is 5.91 Å². The molecule has 0 radical (unpaired) electrons. The molecule has 1 amide bonds. The first-order valence-corrected chi connectivity index (χ1v) is 6.25. The SMILES string of the molecule is CC(=O)N1CCC[C@@H](Cc2nccnc2Cl)C1. The molecule has 92 valence electrons. The number of carbonyl (C=O) groups is 1. The van der Waals surface area contributed by atoms with E-state index in [1.807, 2.05) is 4.90 Å². The molecule has 1 aliphatic heterocycles. The van der Waals surface area contributed by atoms with E-state index in [1.165, 1.54) is 0 Å². The van der Waals surface area contributed by atoms with Crippen molar-refractivity contribution in [2.24, 2.45) is 5.92 Å². The smallest absolute Gasteiger partial charge is 0.219 e. The van der Waals surface area contributed by atoms with E-state index in [0.29, 0.717) is 11.1 Å². The van der Waals surface area contributed by atoms with E-state index in [1.54, 1.807) is 19.3 Å². The maximum absolute atomic E-state index is 11.3. The van der Waals surface area contributed by atoms with Crippen LogP contribution in [0.2, 0.25) is 5.15 Å². The Hall–Kier alpha value is -1.16. The first-order chi connectivity index (χ1) is 8.16. The second-order valence-electron chi connectivity index (χ2n) is 4.47. The van der Waals surface area contributed by atoms with Crippen molar-refractivity contribution in [1.29, 1.82) is 0 Å². The van der Waals surface area contributed by atoms with Gasteiger partial charge >= 0.3 is 0 Å². The minimum absolute atomic E-state index is 0.153. The van der Waals surface area contributed by atoms with Crippen LogP contribution in [-0.2, 0) is 11.2 Å². The third-order valence-electron chi connectivity index (χ3n) is 3.17. The van der Waals surface area contributed by atoms with Crippen LogP contribution in [-0.4, -0.2) is 33.9 Å². The van der Waals surface area contributed by atoms with Crippen LogP contribution >= 0.6 is 11.6 Å². The van der Waals surface area contributed by atoms with Crippen LogP contribution in [0.25, 0.3) is 0 Å². The standard InChI is InChI=1S/C12H16ClN3O/c1-9(17)16-6-2-3-10(8-16)7-11-12(13)15-5-4-14-11/h4-5,10H,2-3,6-8H2,1H3/t10-/m0/s1. The summed E-state index contributed by atoms with van der Waals surface area (Å²) in [5, 5.41) is 0.479. The number of rotatable bonds is 2. The molecule has 1 aromatic heterocycles. The van der Waals surface area contributed by atoms with Crippen LogP contribution in [0.5, 0.6) is 0 Å². The van der Waals surface area contributed by atoms with Crippen LogP contribution < -0.4 is 0 Å². The predicted octanol–water partition coefficient (Wildman–Crippen LogP) is 1.93. The number of hydrogen-bond donors (Lipinski definition) is 0. The van der Waals surface area contributed by atoms with E-state index in [0.717, 1.165) is 38.0 Å². The summed E-state index contributed by atoms with van der Waals surface area (Å²) in [7, 11) is 0. The number of nitrogens with zero attached hydrogens (tertiary/aromatic N) is 3. The topological polar surface area (TPSA) is 46.1 Å². The fourth-order valence-electron chi connectivity index (χ4n) is 2.28. The van der Waals surface area contributed by atoms with E-state index >= 15 is 0 Å². The summed E-state index contributed by atoms with van der Waals surface area (Å²) in [6.07, 6.45) is 6.23. The molecule has 0 saturated carbocycles. The molecule has 2 heterocycles.